The molecule has 19 heavy (non-hydrogen) atoms. The van der Waals surface area contributed by atoms with Gasteiger partial charge in [0.15, 0.2) is 6.04 Å². The lowest BCUT2D eigenvalue weighted by Gasteiger charge is -2.19. The zero-order valence-corrected chi connectivity index (χ0v) is 12.5. The van der Waals surface area contributed by atoms with E-state index < -0.39 is 17.7 Å². The first-order chi connectivity index (χ1) is 8.81. The first-order valence-electron chi connectivity index (χ1n) is 6.15. The van der Waals surface area contributed by atoms with Crippen molar-refractivity contribution in [2.45, 2.75) is 39.3 Å². The Morgan fingerprint density at radius 1 is 1.47 bits per heavy atom. The fourth-order valence-corrected chi connectivity index (χ4v) is 2.28. The highest BCUT2D eigenvalue weighted by Crippen LogP contribution is 2.18. The predicted molar refractivity (Wildman–Crippen MR) is 74.6 cm³/mol. The van der Waals surface area contributed by atoms with Crippen LogP contribution in [-0.2, 0) is 14.3 Å². The zero-order valence-electron chi connectivity index (χ0n) is 11.7. The summed E-state index contributed by atoms with van der Waals surface area (Å²) in [7, 11) is 0. The van der Waals surface area contributed by atoms with E-state index in [-0.39, 0.29) is 12.5 Å². The molecule has 1 heterocycles. The molecule has 7 heteroatoms. The van der Waals surface area contributed by atoms with Crippen LogP contribution in [0.25, 0.3) is 0 Å². The van der Waals surface area contributed by atoms with Crippen LogP contribution >= 0.6 is 11.8 Å². The normalized spacial score (nSPS) is 18.7. The lowest BCUT2D eigenvalue weighted by Crippen LogP contribution is -2.34. The van der Waals surface area contributed by atoms with Crippen LogP contribution < -0.4 is 5.32 Å². The Labute approximate surface area is 117 Å². The van der Waals surface area contributed by atoms with E-state index >= 15 is 0 Å². The van der Waals surface area contributed by atoms with Crippen molar-refractivity contribution in [3.8, 4) is 0 Å². The van der Waals surface area contributed by atoms with Gasteiger partial charge >= 0.3 is 12.1 Å². The van der Waals surface area contributed by atoms with Gasteiger partial charge in [-0.25, -0.2) is 9.59 Å². The monoisotopic (exact) mass is 288 g/mol. The van der Waals surface area contributed by atoms with Gasteiger partial charge in [-0.3, -0.25) is 4.99 Å². The number of hydrogen-bond donors (Lipinski definition) is 1. The Morgan fingerprint density at radius 3 is 2.74 bits per heavy atom. The van der Waals surface area contributed by atoms with E-state index in [0.29, 0.717) is 17.4 Å². The third-order valence-electron chi connectivity index (χ3n) is 2.05. The molecule has 0 radical (unpaired) electrons. The van der Waals surface area contributed by atoms with Crippen LogP contribution in [0.5, 0.6) is 0 Å². The number of alkyl carbamates (subject to hydrolysis) is 1. The molecule has 0 aromatic rings. The molecule has 0 fully saturated rings. The van der Waals surface area contributed by atoms with Crippen molar-refractivity contribution in [2.24, 2.45) is 4.99 Å². The Hall–Kier alpha value is -1.24. The first-order valence-corrected chi connectivity index (χ1v) is 7.13. The van der Waals surface area contributed by atoms with Crippen molar-refractivity contribution in [3.63, 3.8) is 0 Å². The van der Waals surface area contributed by atoms with Gasteiger partial charge in [-0.1, -0.05) is 0 Å². The number of thioether (sulfide) groups is 1. The molecule has 0 bridgehead atoms. The Bertz CT molecular complexity index is 376. The van der Waals surface area contributed by atoms with E-state index in [2.05, 4.69) is 10.3 Å². The highest BCUT2D eigenvalue weighted by molar-refractivity contribution is 8.14. The fourth-order valence-electron chi connectivity index (χ4n) is 1.34. The van der Waals surface area contributed by atoms with Gasteiger partial charge in [-0.05, 0) is 27.7 Å². The molecule has 1 aliphatic rings. The summed E-state index contributed by atoms with van der Waals surface area (Å²) < 4.78 is 10.00. The molecule has 108 valence electrons. The topological polar surface area (TPSA) is 77.0 Å². The number of amides is 1. The molecule has 0 aromatic heterocycles. The highest BCUT2D eigenvalue weighted by atomic mass is 32.2. The second-order valence-corrected chi connectivity index (χ2v) is 6.05. The quantitative estimate of drug-likeness (QED) is 0.795. The van der Waals surface area contributed by atoms with Gasteiger partial charge < -0.3 is 14.8 Å². The molecule has 6 nitrogen and oxygen atoms in total. The van der Waals surface area contributed by atoms with Gasteiger partial charge in [0.1, 0.15) is 5.60 Å². The third kappa shape index (κ3) is 5.96. The molecule has 1 N–H and O–H groups in total. The van der Waals surface area contributed by atoms with Crippen LogP contribution in [0.2, 0.25) is 0 Å². The first kappa shape index (κ1) is 15.8. The molecule has 1 atom stereocenters. The predicted octanol–water partition coefficient (Wildman–Crippen LogP) is 1.59. The number of aliphatic imine (C=N–C) groups is 1. The summed E-state index contributed by atoms with van der Waals surface area (Å²) in [6, 6.07) is -0.458. The summed E-state index contributed by atoms with van der Waals surface area (Å²) in [6.45, 7) is 7.77. The maximum Gasteiger partial charge on any atom is 0.407 e. The molecule has 1 amide bonds. The SMILES string of the molecule is CCOC(=O)C1CSC(CNC(=O)OC(C)(C)C)=N1. The van der Waals surface area contributed by atoms with Crippen LogP contribution in [0.4, 0.5) is 4.79 Å². The Balaban J connectivity index is 2.37. The van der Waals surface area contributed by atoms with E-state index in [1.807, 2.05) is 0 Å². The van der Waals surface area contributed by atoms with E-state index in [0.717, 1.165) is 0 Å². The van der Waals surface area contributed by atoms with Gasteiger partial charge in [-0.2, -0.15) is 0 Å². The number of nitrogens with zero attached hydrogens (tertiary/aromatic N) is 1. The summed E-state index contributed by atoms with van der Waals surface area (Å²) in [5.41, 5.74) is -0.526. The van der Waals surface area contributed by atoms with Gasteiger partial charge in [-0.15, -0.1) is 11.8 Å². The summed E-state index contributed by atoms with van der Waals surface area (Å²) in [5.74, 6) is 0.242. The number of rotatable bonds is 4. The molecule has 0 saturated heterocycles. The van der Waals surface area contributed by atoms with Crippen LogP contribution in [0.3, 0.4) is 0 Å². The maximum atomic E-state index is 11.5. The van der Waals surface area contributed by atoms with Crippen molar-refractivity contribution in [3.05, 3.63) is 0 Å². The van der Waals surface area contributed by atoms with Gasteiger partial charge in [0, 0.05) is 5.75 Å². The zero-order chi connectivity index (χ0) is 14.5. The van der Waals surface area contributed by atoms with Gasteiger partial charge in [0.2, 0.25) is 0 Å². The van der Waals surface area contributed by atoms with Crippen molar-refractivity contribution >= 4 is 28.9 Å². The summed E-state index contributed by atoms with van der Waals surface area (Å²) in [6.07, 6.45) is -0.490. The molecule has 0 saturated carbocycles. The molecule has 0 spiro atoms. The minimum atomic E-state index is -0.526. The lowest BCUT2D eigenvalue weighted by molar-refractivity contribution is -0.143. The summed E-state index contributed by atoms with van der Waals surface area (Å²) in [5, 5.41) is 3.32. The lowest BCUT2D eigenvalue weighted by atomic mass is 10.2. The number of carbonyl (C=O) groups excluding carboxylic acids is 2. The number of carbonyl (C=O) groups is 2. The molecule has 1 aliphatic heterocycles. The van der Waals surface area contributed by atoms with Crippen LogP contribution in [0.15, 0.2) is 4.99 Å². The summed E-state index contributed by atoms with van der Waals surface area (Å²) in [4.78, 5) is 27.1. The number of esters is 1. The summed E-state index contributed by atoms with van der Waals surface area (Å²) >= 11 is 1.44. The van der Waals surface area contributed by atoms with Gasteiger partial charge in [0.05, 0.1) is 18.2 Å². The van der Waals surface area contributed by atoms with Crippen molar-refractivity contribution in [1.29, 1.82) is 0 Å². The molecule has 0 aliphatic carbocycles. The molecule has 1 rings (SSSR count). The molecule has 1 unspecified atom stereocenters. The second kappa shape index (κ2) is 6.79. The average molecular weight is 288 g/mol. The molecular weight excluding hydrogens is 268 g/mol. The van der Waals surface area contributed by atoms with Crippen LogP contribution in [-0.4, -0.2) is 47.7 Å². The highest BCUT2D eigenvalue weighted by Gasteiger charge is 2.26. The maximum absolute atomic E-state index is 11.5. The van der Waals surface area contributed by atoms with E-state index in [9.17, 15) is 9.59 Å². The van der Waals surface area contributed by atoms with E-state index in [1.54, 1.807) is 27.7 Å². The van der Waals surface area contributed by atoms with Crippen LogP contribution in [0, 0.1) is 0 Å². The van der Waals surface area contributed by atoms with E-state index in [1.165, 1.54) is 11.8 Å². The smallest absolute Gasteiger partial charge is 0.407 e. The third-order valence-corrected chi connectivity index (χ3v) is 3.11. The Kier molecular flexibility index (Phi) is 5.65. The molecular formula is C12H20N2O4S. The number of nitrogens with one attached hydrogen (secondary N) is 1. The Morgan fingerprint density at radius 2 is 2.16 bits per heavy atom. The van der Waals surface area contributed by atoms with Crippen molar-refractivity contribution in [2.75, 3.05) is 18.9 Å². The second-order valence-electron chi connectivity index (χ2n) is 4.96. The number of hydrogen-bond acceptors (Lipinski definition) is 6. The average Bonchev–Trinajstić information content (AvgIpc) is 2.73. The molecule has 0 aromatic carbocycles. The van der Waals surface area contributed by atoms with Gasteiger partial charge in [0.25, 0.3) is 0 Å². The minimum absolute atomic E-state index is 0.273. The fraction of sp³-hybridized carbons (Fsp3) is 0.750. The number of ether oxygens (including phenoxy) is 2. The van der Waals surface area contributed by atoms with Crippen molar-refractivity contribution in [1.82, 2.24) is 5.32 Å². The standard InChI is InChI=1S/C12H20N2O4S/c1-5-17-10(15)8-7-19-9(14-8)6-13-11(16)18-12(2,3)4/h8H,5-7H2,1-4H3,(H,13,16). The largest absolute Gasteiger partial charge is 0.464 e. The van der Waals surface area contributed by atoms with E-state index in [4.69, 9.17) is 9.47 Å². The van der Waals surface area contributed by atoms with Crippen LogP contribution in [0.1, 0.15) is 27.7 Å². The van der Waals surface area contributed by atoms with Crippen molar-refractivity contribution < 1.29 is 19.1 Å². The minimum Gasteiger partial charge on any atom is -0.464 e.